The minimum Gasteiger partial charge on any atom is -0.462 e. The number of phosphoric acid groups is 2. The van der Waals surface area contributed by atoms with E-state index in [0.717, 1.165) is 120 Å². The van der Waals surface area contributed by atoms with Crippen LogP contribution in [0.2, 0.25) is 0 Å². The molecule has 0 heterocycles. The Hall–Kier alpha value is -1.94. The lowest BCUT2D eigenvalue weighted by atomic mass is 10.00. The summed E-state index contributed by atoms with van der Waals surface area (Å²) >= 11 is 0. The van der Waals surface area contributed by atoms with Gasteiger partial charge in [0.15, 0.2) is 12.2 Å². The van der Waals surface area contributed by atoms with Crippen LogP contribution in [-0.4, -0.2) is 96.7 Å². The van der Waals surface area contributed by atoms with Crippen molar-refractivity contribution in [3.05, 3.63) is 0 Å². The molecule has 0 saturated carbocycles. The lowest BCUT2D eigenvalue weighted by molar-refractivity contribution is -0.161. The molecule has 0 spiro atoms. The molecule has 0 rings (SSSR count). The fourth-order valence-electron chi connectivity index (χ4n) is 11.9. The van der Waals surface area contributed by atoms with E-state index in [-0.39, 0.29) is 25.7 Å². The van der Waals surface area contributed by atoms with Crippen LogP contribution in [0.1, 0.15) is 396 Å². The van der Waals surface area contributed by atoms with Crippen LogP contribution in [0.3, 0.4) is 0 Å². The molecule has 6 atom stereocenters. The smallest absolute Gasteiger partial charge is 0.462 e. The molecule has 3 N–H and O–H groups in total. The fourth-order valence-corrected chi connectivity index (χ4v) is 13.5. The van der Waals surface area contributed by atoms with E-state index in [2.05, 4.69) is 55.4 Å². The Labute approximate surface area is 594 Å². The highest BCUT2D eigenvalue weighted by Crippen LogP contribution is 2.45. The summed E-state index contributed by atoms with van der Waals surface area (Å²) in [4.78, 5) is 72.9. The average Bonchev–Trinajstić information content (AvgIpc) is 1.30. The Morgan fingerprint density at radius 1 is 0.289 bits per heavy atom. The Morgan fingerprint density at radius 3 is 0.732 bits per heavy atom. The van der Waals surface area contributed by atoms with E-state index in [1.807, 2.05) is 0 Å². The van der Waals surface area contributed by atoms with E-state index in [4.69, 9.17) is 37.0 Å². The number of hydrogen-bond acceptors (Lipinski definition) is 15. The summed E-state index contributed by atoms with van der Waals surface area (Å²) in [5.74, 6) is 0.964. The molecule has 17 nitrogen and oxygen atoms in total. The highest BCUT2D eigenvalue weighted by Gasteiger charge is 2.30. The number of hydrogen-bond donors (Lipinski definition) is 3. The Kier molecular flexibility index (Phi) is 65.9. The first-order valence-electron chi connectivity index (χ1n) is 40.2. The Balaban J connectivity index is 5.25. The topological polar surface area (TPSA) is 237 Å². The molecule has 19 heteroatoms. The molecule has 0 fully saturated rings. The number of unbranched alkanes of at least 4 members (excludes halogenated alkanes) is 40. The first kappa shape index (κ1) is 95.1. The highest BCUT2D eigenvalue weighted by molar-refractivity contribution is 7.47. The van der Waals surface area contributed by atoms with Gasteiger partial charge in [-0.3, -0.25) is 37.3 Å². The summed E-state index contributed by atoms with van der Waals surface area (Å²) < 4.78 is 68.6. The standard InChI is InChI=1S/C78H152O17P2/c1-9-71(8)57-49-41-36-37-43-51-59-76(81)89-65-74(95-77(82)60-52-44-34-28-22-16-12-14-19-25-31-39-47-55-69(4)5)67-93-97(86,87)91-63-72(79)62-90-96(84,85)92-66-73(94-78(83)61-53-45-35-29-23-17-20-26-32-40-48-56-70(6)7)64-88-75(80)58-50-42-33-27-21-15-11-10-13-18-24-30-38-46-54-68(2)3/h68-74,79H,9-67H2,1-8H3,(H,84,85)(H,86,87)/t71?,72-,73-,74-/m1/s1. The van der Waals surface area contributed by atoms with Crippen molar-refractivity contribution >= 4 is 39.5 Å². The van der Waals surface area contributed by atoms with Gasteiger partial charge in [0.2, 0.25) is 0 Å². The molecule has 0 aromatic heterocycles. The number of carbonyl (C=O) groups is 4. The van der Waals surface area contributed by atoms with Crippen molar-refractivity contribution in [1.82, 2.24) is 0 Å². The molecule has 0 aromatic rings. The summed E-state index contributed by atoms with van der Waals surface area (Å²) in [5.41, 5.74) is 0. The van der Waals surface area contributed by atoms with Gasteiger partial charge in [-0.15, -0.1) is 0 Å². The third-order valence-corrected chi connectivity index (χ3v) is 20.3. The van der Waals surface area contributed by atoms with Gasteiger partial charge in [0.05, 0.1) is 26.4 Å². The summed E-state index contributed by atoms with van der Waals surface area (Å²) in [6, 6.07) is 0. The highest BCUT2D eigenvalue weighted by atomic mass is 31.2. The zero-order valence-corrected chi connectivity index (χ0v) is 65.5. The molecule has 0 aliphatic heterocycles. The maximum atomic E-state index is 13.1. The zero-order valence-electron chi connectivity index (χ0n) is 63.7. The number of rotatable bonds is 75. The molecular formula is C78H152O17P2. The van der Waals surface area contributed by atoms with Crippen molar-refractivity contribution in [3.8, 4) is 0 Å². The Morgan fingerprint density at radius 2 is 0.495 bits per heavy atom. The molecule has 0 aromatic carbocycles. The van der Waals surface area contributed by atoms with E-state index in [0.29, 0.717) is 25.7 Å². The van der Waals surface area contributed by atoms with E-state index >= 15 is 0 Å². The molecule has 0 aliphatic carbocycles. The molecule has 0 saturated heterocycles. The molecule has 0 aliphatic rings. The van der Waals surface area contributed by atoms with Gasteiger partial charge in [-0.2, -0.15) is 0 Å². The molecule has 3 unspecified atom stereocenters. The van der Waals surface area contributed by atoms with Gasteiger partial charge in [-0.1, -0.05) is 344 Å². The van der Waals surface area contributed by atoms with Crippen molar-refractivity contribution < 1.29 is 80.2 Å². The van der Waals surface area contributed by atoms with Gasteiger partial charge >= 0.3 is 39.5 Å². The third kappa shape index (κ3) is 70.9. The van der Waals surface area contributed by atoms with Crippen molar-refractivity contribution in [2.24, 2.45) is 23.7 Å². The monoisotopic (exact) mass is 1420 g/mol. The molecular weight excluding hydrogens is 1270 g/mol. The predicted molar refractivity (Wildman–Crippen MR) is 395 cm³/mol. The summed E-state index contributed by atoms with van der Waals surface area (Å²) in [5, 5.41) is 10.6. The van der Waals surface area contributed by atoms with Crippen LogP contribution in [0.5, 0.6) is 0 Å². The van der Waals surface area contributed by atoms with Crippen molar-refractivity contribution in [3.63, 3.8) is 0 Å². The van der Waals surface area contributed by atoms with E-state index < -0.39 is 97.5 Å². The summed E-state index contributed by atoms with van der Waals surface area (Å²) in [7, 11) is -9.92. The zero-order chi connectivity index (χ0) is 71.7. The first-order valence-corrected chi connectivity index (χ1v) is 43.2. The van der Waals surface area contributed by atoms with Gasteiger partial charge < -0.3 is 33.8 Å². The number of aliphatic hydroxyl groups excluding tert-OH is 1. The average molecular weight is 1420 g/mol. The van der Waals surface area contributed by atoms with Gasteiger partial charge in [-0.05, 0) is 49.4 Å². The molecule has 97 heavy (non-hydrogen) atoms. The SMILES string of the molecule is CCC(C)CCCCCCCCC(=O)OC[C@H](COP(=O)(O)OC[C@H](O)COP(=O)(O)OC[C@@H](COC(=O)CCCCCCCCCCCCCCCCC(C)C)OC(=O)CCCCCCCCCCCCCC(C)C)OC(=O)CCCCCCCCCCCCCCCC(C)C. The molecule has 576 valence electrons. The van der Waals surface area contributed by atoms with Gasteiger partial charge in [0, 0.05) is 25.7 Å². The van der Waals surface area contributed by atoms with Gasteiger partial charge in [0.1, 0.15) is 19.3 Å². The molecule has 0 radical (unpaired) electrons. The minimum absolute atomic E-state index is 0.106. The number of aliphatic hydroxyl groups is 1. The van der Waals surface area contributed by atoms with Crippen LogP contribution in [0.15, 0.2) is 0 Å². The molecule has 0 amide bonds. The normalized spacial score (nSPS) is 14.4. The van der Waals surface area contributed by atoms with Gasteiger partial charge in [0.25, 0.3) is 0 Å². The number of ether oxygens (including phenoxy) is 4. The number of carbonyl (C=O) groups excluding carboxylic acids is 4. The van der Waals surface area contributed by atoms with E-state index in [9.17, 15) is 43.2 Å². The van der Waals surface area contributed by atoms with E-state index in [1.54, 1.807) is 0 Å². The lowest BCUT2D eigenvalue weighted by Gasteiger charge is -2.21. The molecule has 0 bridgehead atoms. The fraction of sp³-hybridized carbons (Fsp3) is 0.949. The lowest BCUT2D eigenvalue weighted by Crippen LogP contribution is -2.30. The van der Waals surface area contributed by atoms with E-state index in [1.165, 1.54) is 193 Å². The van der Waals surface area contributed by atoms with Crippen LogP contribution >= 0.6 is 15.6 Å². The summed E-state index contributed by atoms with van der Waals surface area (Å²) in [6.45, 7) is 14.2. The van der Waals surface area contributed by atoms with Crippen LogP contribution in [-0.2, 0) is 65.4 Å². The predicted octanol–water partition coefficient (Wildman–Crippen LogP) is 22.8. The van der Waals surface area contributed by atoms with Crippen LogP contribution < -0.4 is 0 Å². The summed E-state index contributed by atoms with van der Waals surface area (Å²) in [6.07, 6.45) is 52.7. The van der Waals surface area contributed by atoms with Crippen molar-refractivity contribution in [1.29, 1.82) is 0 Å². The second-order valence-corrected chi connectivity index (χ2v) is 32.7. The second-order valence-electron chi connectivity index (χ2n) is 29.8. The van der Waals surface area contributed by atoms with Crippen LogP contribution in [0.4, 0.5) is 0 Å². The largest absolute Gasteiger partial charge is 0.472 e. The third-order valence-electron chi connectivity index (χ3n) is 18.4. The number of phosphoric ester groups is 2. The first-order chi connectivity index (χ1) is 46.6. The minimum atomic E-state index is -4.96. The van der Waals surface area contributed by atoms with Gasteiger partial charge in [-0.25, -0.2) is 9.13 Å². The van der Waals surface area contributed by atoms with Crippen molar-refractivity contribution in [2.45, 2.75) is 414 Å². The number of esters is 4. The van der Waals surface area contributed by atoms with Crippen molar-refractivity contribution in [2.75, 3.05) is 39.6 Å². The Bertz CT molecular complexity index is 1900. The quantitative estimate of drug-likeness (QED) is 0.0222. The van der Waals surface area contributed by atoms with Crippen LogP contribution in [0, 0.1) is 23.7 Å². The maximum Gasteiger partial charge on any atom is 0.472 e. The van der Waals surface area contributed by atoms with Crippen LogP contribution in [0.25, 0.3) is 0 Å². The second kappa shape index (κ2) is 67.2. The maximum absolute atomic E-state index is 13.1.